The van der Waals surface area contributed by atoms with Gasteiger partial charge in [-0.05, 0) is 31.0 Å². The SMILES string of the molecule is CCCN(CCC)C(=O)Cn1cc(C=O)c2cc(Cl)ccc21. The first kappa shape index (κ1) is 16.6. The van der Waals surface area contributed by atoms with Gasteiger partial charge in [0.1, 0.15) is 6.54 Å². The van der Waals surface area contributed by atoms with Crippen molar-refractivity contribution in [2.24, 2.45) is 0 Å². The van der Waals surface area contributed by atoms with Crippen LogP contribution in [0.4, 0.5) is 0 Å². The van der Waals surface area contributed by atoms with E-state index in [4.69, 9.17) is 11.6 Å². The van der Waals surface area contributed by atoms with Crippen LogP contribution in [0, 0.1) is 0 Å². The van der Waals surface area contributed by atoms with Crippen molar-refractivity contribution in [1.82, 2.24) is 9.47 Å². The Hall–Kier alpha value is -1.81. The molecule has 2 aromatic rings. The lowest BCUT2D eigenvalue weighted by atomic mass is 10.2. The number of carbonyl (C=O) groups is 2. The smallest absolute Gasteiger partial charge is 0.242 e. The van der Waals surface area contributed by atoms with Crippen LogP contribution in [0.5, 0.6) is 0 Å². The average molecular weight is 321 g/mol. The summed E-state index contributed by atoms with van der Waals surface area (Å²) in [5, 5.41) is 1.37. The second-order valence-electron chi connectivity index (χ2n) is 5.37. The van der Waals surface area contributed by atoms with E-state index in [9.17, 15) is 9.59 Å². The van der Waals surface area contributed by atoms with Crippen LogP contribution in [0.2, 0.25) is 5.02 Å². The molecule has 0 radical (unpaired) electrons. The number of hydrogen-bond acceptors (Lipinski definition) is 2. The molecular formula is C17H21ClN2O2. The maximum atomic E-state index is 12.5. The van der Waals surface area contributed by atoms with Crippen molar-refractivity contribution < 1.29 is 9.59 Å². The van der Waals surface area contributed by atoms with Crippen molar-refractivity contribution in [2.45, 2.75) is 33.2 Å². The van der Waals surface area contributed by atoms with Gasteiger partial charge in [-0.1, -0.05) is 25.4 Å². The summed E-state index contributed by atoms with van der Waals surface area (Å²) >= 11 is 6.00. The molecule has 118 valence electrons. The van der Waals surface area contributed by atoms with E-state index in [2.05, 4.69) is 13.8 Å². The molecule has 2 rings (SSSR count). The lowest BCUT2D eigenvalue weighted by Gasteiger charge is -2.22. The highest BCUT2D eigenvalue weighted by Crippen LogP contribution is 2.24. The third-order valence-corrected chi connectivity index (χ3v) is 3.88. The Morgan fingerprint density at radius 3 is 2.55 bits per heavy atom. The fourth-order valence-electron chi connectivity index (χ4n) is 2.67. The minimum Gasteiger partial charge on any atom is -0.341 e. The molecule has 0 aliphatic heterocycles. The summed E-state index contributed by atoms with van der Waals surface area (Å²) in [5.41, 5.74) is 1.41. The molecule has 0 aliphatic rings. The topological polar surface area (TPSA) is 42.3 Å². The van der Waals surface area contributed by atoms with Gasteiger partial charge in [0, 0.05) is 40.8 Å². The molecular weight excluding hydrogens is 300 g/mol. The fraction of sp³-hybridized carbons (Fsp3) is 0.412. The van der Waals surface area contributed by atoms with Crippen LogP contribution in [0.3, 0.4) is 0 Å². The first-order valence-corrected chi connectivity index (χ1v) is 7.99. The molecule has 0 spiro atoms. The Labute approximate surface area is 135 Å². The fourth-order valence-corrected chi connectivity index (χ4v) is 2.84. The van der Waals surface area contributed by atoms with Crippen LogP contribution < -0.4 is 0 Å². The van der Waals surface area contributed by atoms with E-state index < -0.39 is 0 Å². The van der Waals surface area contributed by atoms with Crippen LogP contribution >= 0.6 is 11.6 Å². The van der Waals surface area contributed by atoms with Crippen LogP contribution in [0.1, 0.15) is 37.0 Å². The van der Waals surface area contributed by atoms with E-state index in [1.165, 1.54) is 0 Å². The molecule has 1 aromatic heterocycles. The first-order valence-electron chi connectivity index (χ1n) is 7.62. The quantitative estimate of drug-likeness (QED) is 0.729. The highest BCUT2D eigenvalue weighted by molar-refractivity contribution is 6.31. The summed E-state index contributed by atoms with van der Waals surface area (Å²) in [7, 11) is 0. The van der Waals surface area contributed by atoms with Gasteiger partial charge in [0.05, 0.1) is 0 Å². The second-order valence-corrected chi connectivity index (χ2v) is 5.81. The van der Waals surface area contributed by atoms with Crippen molar-refractivity contribution in [3.05, 3.63) is 35.0 Å². The number of fused-ring (bicyclic) bond motifs is 1. The summed E-state index contributed by atoms with van der Waals surface area (Å²) in [4.78, 5) is 25.6. The molecule has 1 heterocycles. The van der Waals surface area contributed by atoms with Gasteiger partial charge in [0.15, 0.2) is 6.29 Å². The van der Waals surface area contributed by atoms with E-state index in [1.54, 1.807) is 18.3 Å². The van der Waals surface area contributed by atoms with Crippen molar-refractivity contribution in [3.63, 3.8) is 0 Å². The molecule has 1 aromatic carbocycles. The Balaban J connectivity index is 2.31. The van der Waals surface area contributed by atoms with Crippen molar-refractivity contribution >= 4 is 34.7 Å². The normalized spacial score (nSPS) is 10.9. The predicted molar refractivity (Wildman–Crippen MR) is 89.5 cm³/mol. The van der Waals surface area contributed by atoms with Crippen molar-refractivity contribution in [1.29, 1.82) is 0 Å². The third kappa shape index (κ3) is 3.50. The van der Waals surface area contributed by atoms with E-state index >= 15 is 0 Å². The van der Waals surface area contributed by atoms with Gasteiger partial charge in [-0.3, -0.25) is 9.59 Å². The molecule has 0 atom stereocenters. The molecule has 0 fully saturated rings. The van der Waals surface area contributed by atoms with Gasteiger partial charge in [0.2, 0.25) is 5.91 Å². The summed E-state index contributed by atoms with van der Waals surface area (Å²) in [6.07, 6.45) is 4.40. The Morgan fingerprint density at radius 2 is 1.95 bits per heavy atom. The van der Waals surface area contributed by atoms with Gasteiger partial charge in [-0.2, -0.15) is 0 Å². The molecule has 0 unspecified atom stereocenters. The zero-order valence-electron chi connectivity index (χ0n) is 13.0. The number of benzene rings is 1. The monoisotopic (exact) mass is 320 g/mol. The Bertz CT molecular complexity index is 673. The van der Waals surface area contributed by atoms with Crippen molar-refractivity contribution in [3.8, 4) is 0 Å². The third-order valence-electron chi connectivity index (χ3n) is 3.65. The number of carbonyl (C=O) groups excluding carboxylic acids is 2. The molecule has 1 amide bonds. The highest BCUT2D eigenvalue weighted by Gasteiger charge is 2.15. The maximum Gasteiger partial charge on any atom is 0.242 e. The molecule has 0 bridgehead atoms. The number of rotatable bonds is 7. The number of halogens is 1. The first-order chi connectivity index (χ1) is 10.6. The van der Waals surface area contributed by atoms with Crippen LogP contribution in [-0.4, -0.2) is 34.7 Å². The molecule has 22 heavy (non-hydrogen) atoms. The van der Waals surface area contributed by atoms with Gasteiger partial charge in [-0.15, -0.1) is 0 Å². The van der Waals surface area contributed by atoms with Gasteiger partial charge >= 0.3 is 0 Å². The molecule has 0 N–H and O–H groups in total. The van der Waals surface area contributed by atoms with Crippen LogP contribution in [-0.2, 0) is 11.3 Å². The largest absolute Gasteiger partial charge is 0.341 e. The maximum absolute atomic E-state index is 12.5. The standard InChI is InChI=1S/C17H21ClN2O2/c1-3-7-19(8-4-2)17(22)11-20-10-13(12-21)15-9-14(18)5-6-16(15)20/h5-6,9-10,12H,3-4,7-8,11H2,1-2H3. The Kier molecular flexibility index (Phi) is 5.61. The van der Waals surface area contributed by atoms with Crippen molar-refractivity contribution in [2.75, 3.05) is 13.1 Å². The second kappa shape index (κ2) is 7.45. The molecule has 4 nitrogen and oxygen atoms in total. The molecule has 5 heteroatoms. The lowest BCUT2D eigenvalue weighted by Crippen LogP contribution is -2.35. The van der Waals surface area contributed by atoms with E-state index in [0.29, 0.717) is 10.6 Å². The number of amides is 1. The minimum atomic E-state index is 0.0769. The predicted octanol–water partition coefficient (Wildman–Crippen LogP) is 3.76. The van der Waals surface area contributed by atoms with Gasteiger partial charge in [-0.25, -0.2) is 0 Å². The average Bonchev–Trinajstić information content (AvgIpc) is 2.84. The molecule has 0 saturated heterocycles. The number of aromatic nitrogens is 1. The highest BCUT2D eigenvalue weighted by atomic mass is 35.5. The summed E-state index contributed by atoms with van der Waals surface area (Å²) in [5.74, 6) is 0.0769. The van der Waals surface area contributed by atoms with Gasteiger partial charge < -0.3 is 9.47 Å². The minimum absolute atomic E-state index is 0.0769. The van der Waals surface area contributed by atoms with E-state index in [-0.39, 0.29) is 12.5 Å². The number of aldehydes is 1. The lowest BCUT2D eigenvalue weighted by molar-refractivity contribution is -0.131. The number of nitrogens with zero attached hydrogens (tertiary/aromatic N) is 2. The summed E-state index contributed by atoms with van der Waals surface area (Å²) in [6, 6.07) is 5.38. The zero-order valence-corrected chi connectivity index (χ0v) is 13.8. The summed E-state index contributed by atoms with van der Waals surface area (Å²) < 4.78 is 1.83. The number of hydrogen-bond donors (Lipinski definition) is 0. The van der Waals surface area contributed by atoms with Gasteiger partial charge in [0.25, 0.3) is 0 Å². The van der Waals surface area contributed by atoms with Crippen LogP contribution in [0.15, 0.2) is 24.4 Å². The van der Waals surface area contributed by atoms with E-state index in [0.717, 1.165) is 43.1 Å². The molecule has 0 aliphatic carbocycles. The van der Waals surface area contributed by atoms with Crippen LogP contribution in [0.25, 0.3) is 10.9 Å². The molecule has 0 saturated carbocycles. The van der Waals surface area contributed by atoms with E-state index in [1.807, 2.05) is 15.5 Å². The Morgan fingerprint density at radius 1 is 1.27 bits per heavy atom. The zero-order chi connectivity index (χ0) is 16.1. The summed E-state index contributed by atoms with van der Waals surface area (Å²) in [6.45, 7) is 5.89.